The zero-order valence-corrected chi connectivity index (χ0v) is 26.4. The molecular weight excluding hydrogens is 572 g/mol. The van der Waals surface area contributed by atoms with Crippen LogP contribution in [-0.4, -0.2) is 87.6 Å². The lowest BCUT2D eigenvalue weighted by atomic mass is 9.88. The molecule has 0 aromatic heterocycles. The Kier molecular flexibility index (Phi) is 7.31. The van der Waals surface area contributed by atoms with E-state index in [-0.39, 0.29) is 38.2 Å². The van der Waals surface area contributed by atoms with E-state index < -0.39 is 17.0 Å². The molecule has 10 nitrogen and oxygen atoms in total. The van der Waals surface area contributed by atoms with Crippen LogP contribution in [0.1, 0.15) is 50.7 Å². The number of fused-ring (bicyclic) bond motifs is 4. The number of hydrogen-bond acceptors (Lipinski definition) is 8. The first-order valence-electron chi connectivity index (χ1n) is 16.7. The predicted octanol–water partition coefficient (Wildman–Crippen LogP) is 3.84. The molecule has 2 amide bonds. The van der Waals surface area contributed by atoms with Crippen LogP contribution in [0.3, 0.4) is 0 Å². The molecule has 4 saturated heterocycles. The lowest BCUT2D eigenvalue weighted by molar-refractivity contribution is -0.353. The van der Waals surface area contributed by atoms with E-state index in [9.17, 15) is 9.59 Å². The molecule has 0 bridgehead atoms. The molecule has 0 N–H and O–H groups in total. The maximum absolute atomic E-state index is 14.1. The summed E-state index contributed by atoms with van der Waals surface area (Å²) < 4.78 is 25.9. The Morgan fingerprint density at radius 2 is 1.04 bits per heavy atom. The number of nitrogens with zero attached hydrogens (tertiary/aromatic N) is 4. The fourth-order valence-electron chi connectivity index (χ4n) is 8.20. The first kappa shape index (κ1) is 29.5. The normalized spacial score (nSPS) is 35.5. The number of para-hydroxylation sites is 2. The third-order valence-corrected chi connectivity index (χ3v) is 10.6. The molecule has 8 rings (SSSR count). The second-order valence-corrected chi connectivity index (χ2v) is 14.3. The van der Waals surface area contributed by atoms with Gasteiger partial charge in [0.15, 0.2) is 0 Å². The summed E-state index contributed by atoms with van der Waals surface area (Å²) in [6, 6.07) is 15.6. The lowest BCUT2D eigenvalue weighted by Crippen LogP contribution is -2.61. The fourth-order valence-corrected chi connectivity index (χ4v) is 8.20. The Bertz CT molecular complexity index is 1350. The highest BCUT2D eigenvalue weighted by Crippen LogP contribution is 2.52. The smallest absolute Gasteiger partial charge is 0.293 e. The fraction of sp³-hybridized carbons (Fsp3) is 0.600. The Morgan fingerprint density at radius 3 is 1.44 bits per heavy atom. The molecule has 10 heteroatoms. The van der Waals surface area contributed by atoms with Gasteiger partial charge in [0.2, 0.25) is 0 Å². The molecule has 3 spiro atoms. The summed E-state index contributed by atoms with van der Waals surface area (Å²) in [6.07, 6.45) is 4.71. The third-order valence-electron chi connectivity index (χ3n) is 10.6. The van der Waals surface area contributed by atoms with Crippen molar-refractivity contribution in [3.8, 4) is 0 Å². The van der Waals surface area contributed by atoms with Crippen LogP contribution in [0.2, 0.25) is 0 Å². The molecule has 6 heterocycles. The molecule has 0 radical (unpaired) electrons. The number of ether oxygens (including phenoxy) is 4. The number of hydrogen-bond donors (Lipinski definition) is 0. The summed E-state index contributed by atoms with van der Waals surface area (Å²) in [5.74, 6) is -2.14. The maximum Gasteiger partial charge on any atom is 0.293 e. The van der Waals surface area contributed by atoms with E-state index in [0.29, 0.717) is 25.2 Å². The third kappa shape index (κ3) is 4.75. The molecule has 0 unspecified atom stereocenters. The van der Waals surface area contributed by atoms with E-state index >= 15 is 0 Å². The number of piperidine rings is 2. The van der Waals surface area contributed by atoms with Crippen molar-refractivity contribution in [3.05, 3.63) is 59.7 Å². The minimum absolute atomic E-state index is 0.187. The van der Waals surface area contributed by atoms with Gasteiger partial charge in [-0.3, -0.25) is 29.2 Å². The Morgan fingerprint density at radius 1 is 0.644 bits per heavy atom. The van der Waals surface area contributed by atoms with E-state index in [2.05, 4.69) is 23.6 Å². The van der Waals surface area contributed by atoms with Crippen LogP contribution in [0.5, 0.6) is 0 Å². The molecule has 6 aliphatic rings. The second-order valence-electron chi connectivity index (χ2n) is 14.3. The molecule has 6 aliphatic heterocycles. The van der Waals surface area contributed by atoms with E-state index in [0.717, 1.165) is 61.5 Å². The van der Waals surface area contributed by atoms with Crippen LogP contribution >= 0.6 is 0 Å². The summed E-state index contributed by atoms with van der Waals surface area (Å²) >= 11 is 0. The standard InChI is InChI=1S/C35H44N4O6/c1-25-9-7-15-36(17-25)23-38-29-13-5-3-11-27(29)34(31(38)40)42-19-33(20-43-34)21-44-35(45-22-33)28-12-4-6-14-30(28)39(32(35)41)24-37-16-8-10-26(2)18-37/h3-6,11-14,25-26H,7-10,15-24H2,1-2H3/t25-,26-,33?,34?,35?/m0/s1. The highest BCUT2D eigenvalue weighted by Gasteiger charge is 2.63. The molecule has 2 aromatic carbocycles. The van der Waals surface area contributed by atoms with Gasteiger partial charge in [0.25, 0.3) is 23.4 Å². The molecule has 0 aliphatic carbocycles. The molecule has 2 aromatic rings. The highest BCUT2D eigenvalue weighted by molar-refractivity contribution is 6.07. The van der Waals surface area contributed by atoms with E-state index in [1.807, 2.05) is 58.3 Å². The average Bonchev–Trinajstić information content (AvgIpc) is 3.41. The summed E-state index contributed by atoms with van der Waals surface area (Å²) in [4.78, 5) is 36.5. The monoisotopic (exact) mass is 616 g/mol. The zero-order chi connectivity index (χ0) is 30.8. The van der Waals surface area contributed by atoms with Crippen molar-refractivity contribution in [1.29, 1.82) is 0 Å². The average molecular weight is 617 g/mol. The quantitative estimate of drug-likeness (QED) is 0.513. The summed E-state index contributed by atoms with van der Waals surface area (Å²) in [5, 5.41) is 0. The molecular formula is C35H44N4O6. The number of amides is 2. The van der Waals surface area contributed by atoms with E-state index in [4.69, 9.17) is 18.9 Å². The Hall–Kier alpha value is -2.86. The molecule has 240 valence electrons. The van der Waals surface area contributed by atoms with Crippen molar-refractivity contribution in [3.63, 3.8) is 0 Å². The van der Waals surface area contributed by atoms with Gasteiger partial charge in [0.05, 0.1) is 56.6 Å². The SMILES string of the molecule is C[C@H]1CCCN(CN2C(=O)C3(OCC4(CO3)COC3(OC4)C(=O)N(CN4CCC[C@H](C)C4)c4ccccc43)c3ccccc32)C1. The van der Waals surface area contributed by atoms with Crippen LogP contribution in [0, 0.1) is 17.3 Å². The molecule has 0 saturated carbocycles. The van der Waals surface area contributed by atoms with Gasteiger partial charge in [0, 0.05) is 24.2 Å². The van der Waals surface area contributed by atoms with E-state index in [1.54, 1.807) is 0 Å². The van der Waals surface area contributed by atoms with Gasteiger partial charge < -0.3 is 18.9 Å². The van der Waals surface area contributed by atoms with Gasteiger partial charge >= 0.3 is 0 Å². The predicted molar refractivity (Wildman–Crippen MR) is 167 cm³/mol. The minimum Gasteiger partial charge on any atom is -0.338 e. The van der Waals surface area contributed by atoms with Crippen molar-refractivity contribution in [1.82, 2.24) is 9.80 Å². The van der Waals surface area contributed by atoms with Gasteiger partial charge in [-0.25, -0.2) is 0 Å². The van der Waals surface area contributed by atoms with Crippen LogP contribution in [0.4, 0.5) is 11.4 Å². The second kappa shape index (κ2) is 11.1. The van der Waals surface area contributed by atoms with Gasteiger partial charge in [-0.05, 0) is 62.7 Å². The number of carbonyl (C=O) groups excluding carboxylic acids is 2. The number of benzene rings is 2. The Balaban J connectivity index is 0.985. The van der Waals surface area contributed by atoms with Gasteiger partial charge in [-0.1, -0.05) is 50.2 Å². The van der Waals surface area contributed by atoms with Crippen molar-refractivity contribution >= 4 is 23.2 Å². The van der Waals surface area contributed by atoms with E-state index in [1.165, 1.54) is 12.8 Å². The van der Waals surface area contributed by atoms with Crippen LogP contribution in [-0.2, 0) is 40.1 Å². The van der Waals surface area contributed by atoms with Gasteiger partial charge in [-0.15, -0.1) is 0 Å². The molecule has 45 heavy (non-hydrogen) atoms. The zero-order valence-electron chi connectivity index (χ0n) is 26.4. The van der Waals surface area contributed by atoms with Crippen LogP contribution in [0.25, 0.3) is 0 Å². The summed E-state index contributed by atoms with van der Waals surface area (Å²) in [5.41, 5.74) is 2.51. The number of likely N-dealkylation sites (tertiary alicyclic amines) is 2. The van der Waals surface area contributed by atoms with Crippen LogP contribution < -0.4 is 9.80 Å². The van der Waals surface area contributed by atoms with Gasteiger partial charge in [-0.2, -0.15) is 0 Å². The number of anilines is 2. The first-order chi connectivity index (χ1) is 21.8. The van der Waals surface area contributed by atoms with Crippen molar-refractivity contribution in [2.24, 2.45) is 17.3 Å². The van der Waals surface area contributed by atoms with Gasteiger partial charge in [0.1, 0.15) is 0 Å². The first-order valence-corrected chi connectivity index (χ1v) is 16.7. The topological polar surface area (TPSA) is 84.0 Å². The Labute approximate surface area is 265 Å². The van der Waals surface area contributed by atoms with Crippen LogP contribution in [0.15, 0.2) is 48.5 Å². The van der Waals surface area contributed by atoms with Crippen molar-refractivity contribution < 1.29 is 28.5 Å². The number of rotatable bonds is 4. The highest BCUT2D eigenvalue weighted by atomic mass is 16.7. The lowest BCUT2D eigenvalue weighted by Gasteiger charge is -2.48. The minimum atomic E-state index is -1.49. The maximum atomic E-state index is 14.1. The molecule has 4 fully saturated rings. The largest absolute Gasteiger partial charge is 0.338 e. The number of carbonyl (C=O) groups is 2. The van der Waals surface area contributed by atoms with Crippen molar-refractivity contribution in [2.75, 3.05) is 75.7 Å². The van der Waals surface area contributed by atoms with Crippen molar-refractivity contribution in [2.45, 2.75) is 51.1 Å². The summed E-state index contributed by atoms with van der Waals surface area (Å²) in [6.45, 7) is 10.3. The summed E-state index contributed by atoms with van der Waals surface area (Å²) in [7, 11) is 0. The molecule has 2 atom stereocenters.